The first kappa shape index (κ1) is 16.4. The number of aliphatic hydroxyl groups excluding tert-OH is 1. The van der Waals surface area contributed by atoms with Crippen LogP contribution in [0, 0.1) is 0 Å². The Balaban J connectivity index is 2.61. The van der Waals surface area contributed by atoms with Crippen LogP contribution in [0.5, 0.6) is 0 Å². The lowest BCUT2D eigenvalue weighted by Crippen LogP contribution is -2.35. The number of benzene rings is 1. The minimum Gasteiger partial charge on any atom is -0.386 e. The summed E-state index contributed by atoms with van der Waals surface area (Å²) in [6.45, 7) is 3.91. The van der Waals surface area contributed by atoms with E-state index < -0.39 is 10.4 Å². The number of aliphatic hydroxyl groups is 1. The average Bonchev–Trinajstić information content (AvgIpc) is 2.43. The van der Waals surface area contributed by atoms with Gasteiger partial charge in [-0.1, -0.05) is 72.4 Å². The van der Waals surface area contributed by atoms with E-state index in [1.54, 1.807) is 6.92 Å². The third-order valence-corrected chi connectivity index (χ3v) is 4.31. The molecule has 1 aromatic carbocycles. The monoisotopic (exact) mass is 326 g/mol. The van der Waals surface area contributed by atoms with E-state index in [1.165, 1.54) is 0 Å². The van der Waals surface area contributed by atoms with Gasteiger partial charge in [0.05, 0.1) is 0 Å². The number of carbonyl (C=O) groups excluding carboxylic acids is 1. The zero-order chi connectivity index (χ0) is 14.3. The highest BCUT2D eigenvalue weighted by Gasteiger charge is 2.37. The van der Waals surface area contributed by atoms with Crippen molar-refractivity contribution in [2.75, 3.05) is 0 Å². The van der Waals surface area contributed by atoms with Gasteiger partial charge in [0.15, 0.2) is 5.78 Å². The fourth-order valence-corrected chi connectivity index (χ4v) is 2.52. The van der Waals surface area contributed by atoms with Gasteiger partial charge in [-0.15, -0.1) is 0 Å². The molecule has 1 rings (SSSR count). The Morgan fingerprint density at radius 2 is 1.89 bits per heavy atom. The summed E-state index contributed by atoms with van der Waals surface area (Å²) in [7, 11) is 0. The van der Waals surface area contributed by atoms with Gasteiger partial charge in [0, 0.05) is 6.42 Å². The summed E-state index contributed by atoms with van der Waals surface area (Å²) in [6.07, 6.45) is 4.00. The quantitative estimate of drug-likeness (QED) is 0.567. The van der Waals surface area contributed by atoms with Crippen molar-refractivity contribution in [2.24, 2.45) is 0 Å². The van der Waals surface area contributed by atoms with Gasteiger partial charge in [-0.3, -0.25) is 4.79 Å². The molecule has 2 atom stereocenters. The van der Waals surface area contributed by atoms with Crippen LogP contribution in [0.3, 0.4) is 0 Å². The number of rotatable bonds is 8. The standard InChI is InChI=1S/C16H23BrO2/c1-3-4-5-9-12-14(18)16(2,17)15(19)13-10-7-6-8-11-13/h6-8,10-11,15,19H,3-5,9,12H2,1-2H3. The van der Waals surface area contributed by atoms with Crippen LogP contribution in [-0.4, -0.2) is 15.2 Å². The van der Waals surface area contributed by atoms with Gasteiger partial charge in [0.25, 0.3) is 0 Å². The van der Waals surface area contributed by atoms with E-state index in [9.17, 15) is 9.90 Å². The second-order valence-corrected chi connectivity index (χ2v) is 6.77. The Kier molecular flexibility index (Phi) is 6.73. The molecule has 0 radical (unpaired) electrons. The molecular formula is C16H23BrO2. The van der Waals surface area contributed by atoms with E-state index in [-0.39, 0.29) is 5.78 Å². The van der Waals surface area contributed by atoms with Crippen molar-refractivity contribution in [3.63, 3.8) is 0 Å². The van der Waals surface area contributed by atoms with Crippen molar-refractivity contribution >= 4 is 21.7 Å². The van der Waals surface area contributed by atoms with Crippen molar-refractivity contribution in [1.29, 1.82) is 0 Å². The maximum atomic E-state index is 12.2. The predicted molar refractivity (Wildman–Crippen MR) is 82.5 cm³/mol. The summed E-state index contributed by atoms with van der Waals surface area (Å²) in [4.78, 5) is 12.2. The third-order valence-electron chi connectivity index (χ3n) is 3.43. The summed E-state index contributed by atoms with van der Waals surface area (Å²) >= 11 is 3.42. The number of alkyl halides is 1. The van der Waals surface area contributed by atoms with Gasteiger partial charge in [0.2, 0.25) is 0 Å². The van der Waals surface area contributed by atoms with Crippen molar-refractivity contribution in [3.05, 3.63) is 35.9 Å². The summed E-state index contributed by atoms with van der Waals surface area (Å²) < 4.78 is -0.902. The highest BCUT2D eigenvalue weighted by Crippen LogP contribution is 2.35. The fourth-order valence-electron chi connectivity index (χ4n) is 2.06. The first-order chi connectivity index (χ1) is 9.00. The maximum Gasteiger partial charge on any atom is 0.152 e. The second-order valence-electron chi connectivity index (χ2n) is 5.12. The van der Waals surface area contributed by atoms with Crippen LogP contribution >= 0.6 is 15.9 Å². The molecule has 0 saturated heterocycles. The van der Waals surface area contributed by atoms with Crippen molar-refractivity contribution in [3.8, 4) is 0 Å². The number of hydrogen-bond donors (Lipinski definition) is 1. The molecule has 2 unspecified atom stereocenters. The third kappa shape index (κ3) is 4.73. The van der Waals surface area contributed by atoms with E-state index in [1.807, 2.05) is 30.3 Å². The predicted octanol–water partition coefficient (Wildman–Crippen LogP) is 4.41. The van der Waals surface area contributed by atoms with Gasteiger partial charge in [-0.2, -0.15) is 0 Å². The van der Waals surface area contributed by atoms with Gasteiger partial charge < -0.3 is 5.11 Å². The van der Waals surface area contributed by atoms with E-state index in [0.717, 1.165) is 31.2 Å². The SMILES string of the molecule is CCCCCCC(=O)C(C)(Br)C(O)c1ccccc1. The molecule has 3 heteroatoms. The van der Waals surface area contributed by atoms with Crippen molar-refractivity contribution < 1.29 is 9.90 Å². The minimum atomic E-state index is -0.902. The number of carbonyl (C=O) groups is 1. The largest absolute Gasteiger partial charge is 0.386 e. The molecule has 1 aromatic rings. The highest BCUT2D eigenvalue weighted by atomic mass is 79.9. The van der Waals surface area contributed by atoms with Crippen molar-refractivity contribution in [1.82, 2.24) is 0 Å². The van der Waals surface area contributed by atoms with Crippen LogP contribution in [0.25, 0.3) is 0 Å². The molecule has 1 N–H and O–H groups in total. The molecule has 0 spiro atoms. The van der Waals surface area contributed by atoms with Crippen LogP contribution in [0.15, 0.2) is 30.3 Å². The van der Waals surface area contributed by atoms with Gasteiger partial charge in [-0.05, 0) is 18.9 Å². The zero-order valence-electron chi connectivity index (χ0n) is 11.7. The first-order valence-corrected chi connectivity index (χ1v) is 7.74. The summed E-state index contributed by atoms with van der Waals surface area (Å²) in [5.41, 5.74) is 0.767. The first-order valence-electron chi connectivity index (χ1n) is 6.95. The fraction of sp³-hybridized carbons (Fsp3) is 0.562. The lowest BCUT2D eigenvalue weighted by molar-refractivity contribution is -0.123. The van der Waals surface area contributed by atoms with Gasteiger partial charge in [0.1, 0.15) is 10.4 Å². The number of hydrogen-bond acceptors (Lipinski definition) is 2. The van der Waals surface area contributed by atoms with Crippen LogP contribution in [0.4, 0.5) is 0 Å². The maximum absolute atomic E-state index is 12.2. The van der Waals surface area contributed by atoms with E-state index in [2.05, 4.69) is 22.9 Å². The normalized spacial score (nSPS) is 15.8. The Morgan fingerprint density at radius 3 is 2.47 bits per heavy atom. The summed E-state index contributed by atoms with van der Waals surface area (Å²) in [5, 5.41) is 10.4. The number of Topliss-reactive ketones (excluding diaryl/α,β-unsaturated/α-hetero) is 1. The Hall–Kier alpha value is -0.670. The molecular weight excluding hydrogens is 304 g/mol. The molecule has 0 saturated carbocycles. The van der Waals surface area contributed by atoms with E-state index >= 15 is 0 Å². The van der Waals surface area contributed by atoms with Gasteiger partial charge >= 0.3 is 0 Å². The molecule has 2 nitrogen and oxygen atoms in total. The molecule has 0 aliphatic rings. The lowest BCUT2D eigenvalue weighted by atomic mass is 9.91. The van der Waals surface area contributed by atoms with Crippen LogP contribution < -0.4 is 0 Å². The molecule has 0 bridgehead atoms. The second kappa shape index (κ2) is 7.81. The molecule has 0 heterocycles. The number of ketones is 1. The lowest BCUT2D eigenvalue weighted by Gasteiger charge is -2.27. The minimum absolute atomic E-state index is 0.0694. The van der Waals surface area contributed by atoms with Crippen molar-refractivity contribution in [2.45, 2.75) is 56.4 Å². The topological polar surface area (TPSA) is 37.3 Å². The zero-order valence-corrected chi connectivity index (χ0v) is 13.3. The Morgan fingerprint density at radius 1 is 1.26 bits per heavy atom. The molecule has 106 valence electrons. The molecule has 0 fully saturated rings. The Bertz CT molecular complexity index is 387. The number of halogens is 1. The summed E-state index contributed by atoms with van der Waals surface area (Å²) in [5.74, 6) is 0.0694. The van der Waals surface area contributed by atoms with E-state index in [4.69, 9.17) is 0 Å². The van der Waals surface area contributed by atoms with Crippen LogP contribution in [0.1, 0.15) is 57.6 Å². The molecule has 0 aromatic heterocycles. The van der Waals surface area contributed by atoms with Crippen LogP contribution in [0.2, 0.25) is 0 Å². The van der Waals surface area contributed by atoms with E-state index in [0.29, 0.717) is 6.42 Å². The molecule has 0 amide bonds. The number of unbranched alkanes of at least 4 members (excludes halogenated alkanes) is 3. The van der Waals surface area contributed by atoms with Gasteiger partial charge in [-0.25, -0.2) is 0 Å². The molecule has 19 heavy (non-hydrogen) atoms. The summed E-state index contributed by atoms with van der Waals surface area (Å²) in [6, 6.07) is 9.32. The average molecular weight is 327 g/mol. The smallest absolute Gasteiger partial charge is 0.152 e. The Labute approximate surface area is 124 Å². The molecule has 0 aliphatic heterocycles. The highest BCUT2D eigenvalue weighted by molar-refractivity contribution is 9.10. The van der Waals surface area contributed by atoms with Crippen LogP contribution in [-0.2, 0) is 4.79 Å². The molecule has 0 aliphatic carbocycles.